The number of rotatable bonds is 1. The second-order valence-electron chi connectivity index (χ2n) is 4.96. The lowest BCUT2D eigenvalue weighted by Gasteiger charge is -2.31. The van der Waals surface area contributed by atoms with Gasteiger partial charge in [0, 0.05) is 24.1 Å². The second-order valence-corrected chi connectivity index (χ2v) is 4.96. The maximum atomic E-state index is 13.4. The number of phenols is 3. The minimum absolute atomic E-state index is 0.106. The summed E-state index contributed by atoms with van der Waals surface area (Å²) < 4.78 is 19.0. The van der Waals surface area contributed by atoms with Crippen LogP contribution in [0, 0.1) is 5.82 Å². The van der Waals surface area contributed by atoms with Crippen LogP contribution >= 0.6 is 0 Å². The fourth-order valence-corrected chi connectivity index (χ4v) is 2.45. The molecule has 0 spiro atoms. The van der Waals surface area contributed by atoms with E-state index in [4.69, 9.17) is 4.74 Å². The van der Waals surface area contributed by atoms with E-state index in [0.29, 0.717) is 11.1 Å². The number of halogens is 1. The molecular weight excluding hydrogens is 279 g/mol. The molecule has 1 heterocycles. The number of phenolic OH excluding ortho intramolecular Hbond substituents is 3. The Bertz CT molecular complexity index is 701. The molecule has 0 aromatic heterocycles. The van der Waals surface area contributed by atoms with Crippen molar-refractivity contribution in [3.8, 4) is 23.0 Å². The fourth-order valence-electron chi connectivity index (χ4n) is 2.45. The Morgan fingerprint density at radius 1 is 1.05 bits per heavy atom. The third kappa shape index (κ3) is 2.34. The van der Waals surface area contributed by atoms with Crippen molar-refractivity contribution in [3.63, 3.8) is 0 Å². The van der Waals surface area contributed by atoms with Crippen molar-refractivity contribution in [2.45, 2.75) is 18.6 Å². The van der Waals surface area contributed by atoms with Gasteiger partial charge in [0.05, 0.1) is 6.10 Å². The zero-order valence-corrected chi connectivity index (χ0v) is 10.8. The molecule has 2 aromatic rings. The molecule has 0 saturated carbocycles. The predicted molar refractivity (Wildman–Crippen MR) is 70.9 cm³/mol. The average molecular weight is 292 g/mol. The van der Waals surface area contributed by atoms with Crippen LogP contribution in [0.1, 0.15) is 17.2 Å². The summed E-state index contributed by atoms with van der Waals surface area (Å²) in [6.45, 7) is 0. The first-order valence-corrected chi connectivity index (χ1v) is 6.33. The minimum atomic E-state index is -0.989. The molecule has 0 unspecified atom stereocenters. The van der Waals surface area contributed by atoms with Gasteiger partial charge < -0.3 is 25.2 Å². The second kappa shape index (κ2) is 4.82. The van der Waals surface area contributed by atoms with Gasteiger partial charge in [-0.1, -0.05) is 6.07 Å². The van der Waals surface area contributed by atoms with Gasteiger partial charge >= 0.3 is 0 Å². The molecule has 0 saturated heterocycles. The summed E-state index contributed by atoms with van der Waals surface area (Å²) in [5.41, 5.74) is 0.738. The number of aliphatic hydroxyl groups excluding tert-OH is 1. The van der Waals surface area contributed by atoms with Crippen molar-refractivity contribution in [3.05, 3.63) is 47.3 Å². The quantitative estimate of drug-likeness (QED) is 0.645. The SMILES string of the molecule is Oc1cc(O)c2c(c1)O[C@H](c1ccc(O)c(F)c1)[C@@H](O)C2. The molecule has 21 heavy (non-hydrogen) atoms. The highest BCUT2D eigenvalue weighted by molar-refractivity contribution is 5.51. The first-order chi connectivity index (χ1) is 9.95. The van der Waals surface area contributed by atoms with Crippen molar-refractivity contribution in [2.75, 3.05) is 0 Å². The highest BCUT2D eigenvalue weighted by atomic mass is 19.1. The molecule has 0 fully saturated rings. The van der Waals surface area contributed by atoms with Crippen molar-refractivity contribution < 1.29 is 29.6 Å². The van der Waals surface area contributed by atoms with E-state index >= 15 is 0 Å². The predicted octanol–water partition coefficient (Wildman–Crippen LogP) is 1.98. The highest BCUT2D eigenvalue weighted by Gasteiger charge is 2.32. The van der Waals surface area contributed by atoms with Crippen LogP contribution in [0.15, 0.2) is 30.3 Å². The topological polar surface area (TPSA) is 90.2 Å². The number of ether oxygens (including phenoxy) is 1. The highest BCUT2D eigenvalue weighted by Crippen LogP contribution is 2.42. The van der Waals surface area contributed by atoms with E-state index in [-0.39, 0.29) is 23.7 Å². The Morgan fingerprint density at radius 3 is 2.52 bits per heavy atom. The van der Waals surface area contributed by atoms with E-state index in [9.17, 15) is 24.8 Å². The van der Waals surface area contributed by atoms with E-state index in [1.807, 2.05) is 0 Å². The first-order valence-electron chi connectivity index (χ1n) is 6.33. The number of hydrogen-bond acceptors (Lipinski definition) is 5. The molecule has 4 N–H and O–H groups in total. The van der Waals surface area contributed by atoms with Crippen molar-refractivity contribution in [2.24, 2.45) is 0 Å². The Kier molecular flexibility index (Phi) is 3.10. The molecular formula is C15H13FO5. The van der Waals surface area contributed by atoms with Gasteiger partial charge in [-0.25, -0.2) is 4.39 Å². The Labute approximate surface area is 119 Å². The van der Waals surface area contributed by atoms with Crippen molar-refractivity contribution >= 4 is 0 Å². The summed E-state index contributed by atoms with van der Waals surface area (Å²) in [5, 5.41) is 38.6. The molecule has 5 nitrogen and oxygen atoms in total. The average Bonchev–Trinajstić information content (AvgIpc) is 2.42. The lowest BCUT2D eigenvalue weighted by atomic mass is 9.94. The molecule has 1 aliphatic rings. The standard InChI is InChI=1S/C15H13FO5/c16-10-3-7(1-2-11(10)18)15-13(20)6-9-12(19)4-8(17)5-14(9)21-15/h1-5,13,15,17-20H,6H2/t13-,15+/m0/s1. The summed E-state index contributed by atoms with van der Waals surface area (Å²) in [7, 11) is 0. The van der Waals surface area contributed by atoms with Crippen LogP contribution in [-0.2, 0) is 6.42 Å². The third-order valence-electron chi connectivity index (χ3n) is 3.49. The summed E-state index contributed by atoms with van der Waals surface area (Å²) in [6.07, 6.45) is -1.74. The van der Waals surface area contributed by atoms with E-state index in [0.717, 1.165) is 12.1 Å². The Balaban J connectivity index is 2.00. The number of aromatic hydroxyl groups is 3. The van der Waals surface area contributed by atoms with E-state index < -0.39 is 23.8 Å². The Morgan fingerprint density at radius 2 is 1.81 bits per heavy atom. The molecule has 0 bridgehead atoms. The smallest absolute Gasteiger partial charge is 0.165 e. The molecule has 0 aliphatic carbocycles. The summed E-state index contributed by atoms with van der Waals surface area (Å²) >= 11 is 0. The van der Waals surface area contributed by atoms with Gasteiger partial charge in [0.25, 0.3) is 0 Å². The van der Waals surface area contributed by atoms with Crippen LogP contribution in [0.25, 0.3) is 0 Å². The van der Waals surface area contributed by atoms with E-state index in [1.165, 1.54) is 18.2 Å². The van der Waals surface area contributed by atoms with Gasteiger partial charge in [-0.2, -0.15) is 0 Å². The first kappa shape index (κ1) is 13.5. The monoisotopic (exact) mass is 292 g/mol. The molecule has 1 aliphatic heterocycles. The lowest BCUT2D eigenvalue weighted by Crippen LogP contribution is -2.30. The molecule has 2 atom stereocenters. The van der Waals surface area contributed by atoms with E-state index in [1.54, 1.807) is 0 Å². The molecule has 0 amide bonds. The van der Waals surface area contributed by atoms with Gasteiger partial charge in [0.15, 0.2) is 11.6 Å². The molecule has 110 valence electrons. The summed E-state index contributed by atoms with van der Waals surface area (Å²) in [5.74, 6) is -1.40. The normalized spacial score (nSPS) is 20.7. The third-order valence-corrected chi connectivity index (χ3v) is 3.49. The van der Waals surface area contributed by atoms with Crippen LogP contribution in [0.3, 0.4) is 0 Å². The molecule has 6 heteroatoms. The fraction of sp³-hybridized carbons (Fsp3) is 0.200. The summed E-state index contributed by atoms with van der Waals surface area (Å²) in [6, 6.07) is 6.19. The number of fused-ring (bicyclic) bond motifs is 1. The summed E-state index contributed by atoms with van der Waals surface area (Å²) in [4.78, 5) is 0. The van der Waals surface area contributed by atoms with Crippen LogP contribution in [0.2, 0.25) is 0 Å². The Hall–Kier alpha value is -2.47. The van der Waals surface area contributed by atoms with Gasteiger partial charge in [-0.3, -0.25) is 0 Å². The van der Waals surface area contributed by atoms with Crippen molar-refractivity contribution in [1.29, 1.82) is 0 Å². The number of benzene rings is 2. The molecule has 2 aromatic carbocycles. The zero-order chi connectivity index (χ0) is 15.1. The van der Waals surface area contributed by atoms with Gasteiger partial charge in [-0.15, -0.1) is 0 Å². The largest absolute Gasteiger partial charge is 0.508 e. The van der Waals surface area contributed by atoms with Crippen LogP contribution < -0.4 is 4.74 Å². The number of aliphatic hydroxyl groups is 1. The lowest BCUT2D eigenvalue weighted by molar-refractivity contribution is 0.0196. The van der Waals surface area contributed by atoms with Crippen LogP contribution in [0.5, 0.6) is 23.0 Å². The van der Waals surface area contributed by atoms with Crippen molar-refractivity contribution in [1.82, 2.24) is 0 Å². The number of hydrogen-bond donors (Lipinski definition) is 4. The van der Waals surface area contributed by atoms with E-state index in [2.05, 4.69) is 0 Å². The maximum Gasteiger partial charge on any atom is 0.165 e. The van der Waals surface area contributed by atoms with Gasteiger partial charge in [0.1, 0.15) is 23.4 Å². The van der Waals surface area contributed by atoms with Gasteiger partial charge in [0.2, 0.25) is 0 Å². The van der Waals surface area contributed by atoms with Crippen LogP contribution in [0.4, 0.5) is 4.39 Å². The van der Waals surface area contributed by atoms with Crippen LogP contribution in [-0.4, -0.2) is 26.5 Å². The van der Waals surface area contributed by atoms with Gasteiger partial charge in [-0.05, 0) is 17.7 Å². The minimum Gasteiger partial charge on any atom is -0.508 e. The zero-order valence-electron chi connectivity index (χ0n) is 10.8. The molecule has 3 rings (SSSR count). The molecule has 0 radical (unpaired) electrons. The maximum absolute atomic E-state index is 13.4.